The Balaban J connectivity index is 1.41. The number of rotatable bonds is 4. The summed E-state index contributed by atoms with van der Waals surface area (Å²) in [6.07, 6.45) is 1.45. The van der Waals surface area contributed by atoms with Gasteiger partial charge in [-0.1, -0.05) is 43.3 Å². The smallest absolute Gasteiger partial charge is 0.178 e. The number of ketones is 2. The van der Waals surface area contributed by atoms with Gasteiger partial charge in [0.2, 0.25) is 0 Å². The topological polar surface area (TPSA) is 77.8 Å². The molecule has 1 aromatic carbocycles. The number of hydrogen-bond donors (Lipinski definition) is 2. The second-order valence-electron chi connectivity index (χ2n) is 12.5. The molecule has 1 aliphatic heterocycles. The molecule has 0 aromatic heterocycles. The van der Waals surface area contributed by atoms with Crippen molar-refractivity contribution in [3.63, 3.8) is 0 Å². The molecule has 0 radical (unpaired) electrons. The quantitative estimate of drug-likeness (QED) is 0.646. The lowest BCUT2D eigenvalue weighted by atomic mass is 9.43. The average molecular weight is 512 g/mol. The highest BCUT2D eigenvalue weighted by Gasteiger charge is 2.78. The highest BCUT2D eigenvalue weighted by Crippen LogP contribution is 2.74. The van der Waals surface area contributed by atoms with Crippen LogP contribution in [-0.2, 0) is 16.1 Å². The summed E-state index contributed by atoms with van der Waals surface area (Å²) < 4.78 is 33.1. The first-order valence-electron chi connectivity index (χ1n) is 13.4. The Morgan fingerprint density at radius 2 is 1.89 bits per heavy atom. The molecule has 4 fully saturated rings. The Morgan fingerprint density at radius 1 is 1.16 bits per heavy atom. The van der Waals surface area contributed by atoms with Crippen molar-refractivity contribution in [2.45, 2.75) is 57.6 Å². The van der Waals surface area contributed by atoms with Gasteiger partial charge in [-0.05, 0) is 66.7 Å². The Hall–Kier alpha value is -2.22. The van der Waals surface area contributed by atoms with Crippen molar-refractivity contribution in [3.05, 3.63) is 59.7 Å². The molecule has 37 heavy (non-hydrogen) atoms. The van der Waals surface area contributed by atoms with E-state index < -0.39 is 46.7 Å². The summed E-state index contributed by atoms with van der Waals surface area (Å²) in [4.78, 5) is 27.9. The van der Waals surface area contributed by atoms with E-state index in [4.69, 9.17) is 0 Å². The fraction of sp³-hybridized carbons (Fsp3) is 0.600. The second kappa shape index (κ2) is 8.14. The number of likely N-dealkylation sites (tertiary alicyclic amines) is 1. The lowest BCUT2D eigenvalue weighted by Gasteiger charge is -2.63. The lowest BCUT2D eigenvalue weighted by Crippen LogP contribution is -2.69. The first-order valence-corrected chi connectivity index (χ1v) is 13.4. The average Bonchev–Trinajstić information content (AvgIpc) is 3.34. The number of benzene rings is 1. The number of hydrogen-bond acceptors (Lipinski definition) is 5. The van der Waals surface area contributed by atoms with E-state index in [0.717, 1.165) is 5.56 Å². The van der Waals surface area contributed by atoms with Gasteiger partial charge in [-0.3, -0.25) is 14.5 Å². The monoisotopic (exact) mass is 511 g/mol. The number of alkyl halides is 2. The molecule has 1 heterocycles. The van der Waals surface area contributed by atoms with Crippen LogP contribution in [0.15, 0.2) is 54.1 Å². The van der Waals surface area contributed by atoms with Crippen molar-refractivity contribution in [1.29, 1.82) is 0 Å². The van der Waals surface area contributed by atoms with Gasteiger partial charge < -0.3 is 10.2 Å². The van der Waals surface area contributed by atoms with Gasteiger partial charge in [-0.25, -0.2) is 8.78 Å². The molecule has 6 rings (SSSR count). The van der Waals surface area contributed by atoms with Crippen LogP contribution in [0.4, 0.5) is 8.78 Å². The fourth-order valence-corrected chi connectivity index (χ4v) is 9.48. The normalized spacial score (nSPS) is 46.6. The Bertz CT molecular complexity index is 1200. The largest absolute Gasteiger partial charge is 0.390 e. The zero-order chi connectivity index (χ0) is 26.4. The fourth-order valence-electron chi connectivity index (χ4n) is 9.48. The number of carbonyl (C=O) groups excluding carboxylic acids is 2. The van der Waals surface area contributed by atoms with Crippen molar-refractivity contribution in [2.24, 2.45) is 34.0 Å². The van der Waals surface area contributed by atoms with E-state index in [9.17, 15) is 19.8 Å². The highest BCUT2D eigenvalue weighted by molar-refractivity contribution is 6.01. The third-order valence-corrected chi connectivity index (χ3v) is 11.1. The SMILES string of the molecule is C[C@]12C=CC(=O)C=C1[C@@H](F)C[C@H]1[C@@H]3C[C@H]4CN(Cc5ccccc5)C[C@]4(C(=O)CO)[C@@]3(C)C[C@H](O)[C@@]12F. The van der Waals surface area contributed by atoms with Crippen LogP contribution < -0.4 is 0 Å². The van der Waals surface area contributed by atoms with Gasteiger partial charge >= 0.3 is 0 Å². The van der Waals surface area contributed by atoms with E-state index >= 15 is 8.78 Å². The summed E-state index contributed by atoms with van der Waals surface area (Å²) in [5.74, 6) is -1.89. The molecule has 7 heteroatoms. The molecule has 5 nitrogen and oxygen atoms in total. The third-order valence-electron chi connectivity index (χ3n) is 11.1. The zero-order valence-electron chi connectivity index (χ0n) is 21.4. The molecule has 5 aliphatic rings. The number of allylic oxidation sites excluding steroid dienone is 4. The van der Waals surface area contributed by atoms with Gasteiger partial charge in [0.15, 0.2) is 17.2 Å². The van der Waals surface area contributed by atoms with Crippen LogP contribution in [-0.4, -0.2) is 64.3 Å². The molecule has 4 aliphatic carbocycles. The van der Waals surface area contributed by atoms with Crippen LogP contribution in [0.25, 0.3) is 0 Å². The number of aliphatic hydroxyl groups is 2. The number of nitrogens with zero attached hydrogens (tertiary/aromatic N) is 1. The number of Topliss-reactive ketones (excluding diaryl/α,β-unsaturated/α-hetero) is 1. The molecule has 1 aromatic rings. The number of fused-ring (bicyclic) bond motifs is 7. The molecule has 1 saturated heterocycles. The van der Waals surface area contributed by atoms with Gasteiger partial charge in [0, 0.05) is 31.0 Å². The van der Waals surface area contributed by atoms with Crippen LogP contribution in [0.5, 0.6) is 0 Å². The van der Waals surface area contributed by atoms with Crippen molar-refractivity contribution < 1.29 is 28.6 Å². The summed E-state index contributed by atoms with van der Waals surface area (Å²) in [5, 5.41) is 21.7. The standard InChI is InChI=1S/C30H35F2NO4/c1-27-9-8-20(35)11-23(27)24(31)12-22-21-10-19-15-33(14-18-6-4-3-5-7-18)17-29(19,26(37)16-34)28(21,2)13-25(36)30(22,27)32/h3-9,11,19,21-22,24-25,34,36H,10,12-17H2,1-2H3/t19-,21-,22-,24-,25-,27-,28-,29-,30-/m0/s1. The van der Waals surface area contributed by atoms with E-state index in [1.165, 1.54) is 18.2 Å². The third kappa shape index (κ3) is 3.05. The van der Waals surface area contributed by atoms with Crippen LogP contribution in [0.1, 0.15) is 38.7 Å². The lowest BCUT2D eigenvalue weighted by molar-refractivity contribution is -0.212. The van der Waals surface area contributed by atoms with E-state index in [0.29, 0.717) is 26.1 Å². The molecule has 3 saturated carbocycles. The van der Waals surface area contributed by atoms with Gasteiger partial charge in [0.05, 0.1) is 11.5 Å². The van der Waals surface area contributed by atoms with Crippen molar-refractivity contribution >= 4 is 11.6 Å². The van der Waals surface area contributed by atoms with Crippen LogP contribution in [0, 0.1) is 34.0 Å². The maximum Gasteiger partial charge on any atom is 0.178 e. The molecule has 9 atom stereocenters. The van der Waals surface area contributed by atoms with E-state index in [1.54, 1.807) is 6.92 Å². The summed E-state index contributed by atoms with van der Waals surface area (Å²) >= 11 is 0. The summed E-state index contributed by atoms with van der Waals surface area (Å²) in [6, 6.07) is 9.99. The van der Waals surface area contributed by atoms with Crippen molar-refractivity contribution in [2.75, 3.05) is 19.7 Å². The first kappa shape index (κ1) is 25.1. The molecule has 0 spiro atoms. The minimum atomic E-state index is -2.16. The minimum Gasteiger partial charge on any atom is -0.390 e. The predicted molar refractivity (Wildman–Crippen MR) is 134 cm³/mol. The van der Waals surface area contributed by atoms with Crippen molar-refractivity contribution in [1.82, 2.24) is 4.90 Å². The Kier molecular flexibility index (Phi) is 5.52. The van der Waals surface area contributed by atoms with Gasteiger partial charge in [0.1, 0.15) is 12.8 Å². The molecule has 0 bridgehead atoms. The molecular formula is C30H35F2NO4. The van der Waals surface area contributed by atoms with E-state index in [2.05, 4.69) is 4.90 Å². The minimum absolute atomic E-state index is 0.0493. The first-order chi connectivity index (χ1) is 17.5. The Morgan fingerprint density at radius 3 is 2.59 bits per heavy atom. The number of halogens is 2. The van der Waals surface area contributed by atoms with Crippen LogP contribution >= 0.6 is 0 Å². The van der Waals surface area contributed by atoms with E-state index in [-0.39, 0.29) is 41.8 Å². The summed E-state index contributed by atoms with van der Waals surface area (Å²) in [7, 11) is 0. The number of aliphatic hydroxyl groups excluding tert-OH is 2. The molecule has 0 unspecified atom stereocenters. The molecule has 0 amide bonds. The zero-order valence-corrected chi connectivity index (χ0v) is 21.4. The maximum absolute atomic E-state index is 17.4. The van der Waals surface area contributed by atoms with Gasteiger partial charge in [-0.2, -0.15) is 0 Å². The highest BCUT2D eigenvalue weighted by atomic mass is 19.1. The van der Waals surface area contributed by atoms with Gasteiger partial charge in [-0.15, -0.1) is 0 Å². The van der Waals surface area contributed by atoms with Crippen LogP contribution in [0.2, 0.25) is 0 Å². The van der Waals surface area contributed by atoms with Crippen LogP contribution in [0.3, 0.4) is 0 Å². The maximum atomic E-state index is 17.4. The summed E-state index contributed by atoms with van der Waals surface area (Å²) in [6.45, 7) is 4.66. The second-order valence-corrected chi connectivity index (χ2v) is 12.5. The number of carbonyl (C=O) groups is 2. The summed E-state index contributed by atoms with van der Waals surface area (Å²) in [5.41, 5.74) is -4.10. The van der Waals surface area contributed by atoms with Gasteiger partial charge in [0.25, 0.3) is 0 Å². The van der Waals surface area contributed by atoms with E-state index in [1.807, 2.05) is 37.3 Å². The van der Waals surface area contributed by atoms with Crippen molar-refractivity contribution in [3.8, 4) is 0 Å². The molecule has 2 N–H and O–H groups in total. The molecule has 198 valence electrons. The molecular weight excluding hydrogens is 476 g/mol. The Labute approximate surface area is 216 Å². The predicted octanol–water partition coefficient (Wildman–Crippen LogP) is 3.59.